The summed E-state index contributed by atoms with van der Waals surface area (Å²) in [5.74, 6) is -0.423. The molecular weight excluding hydrogens is 505 g/mol. The van der Waals surface area contributed by atoms with Crippen molar-refractivity contribution in [2.75, 3.05) is 6.54 Å². The van der Waals surface area contributed by atoms with Crippen molar-refractivity contribution < 1.29 is 26.4 Å². The van der Waals surface area contributed by atoms with Crippen LogP contribution in [-0.4, -0.2) is 48.1 Å². The van der Waals surface area contributed by atoms with Gasteiger partial charge >= 0.3 is 0 Å². The number of benzene rings is 1. The molecule has 7 nitrogen and oxygen atoms in total. The topological polar surface area (TPSA) is 92.3 Å². The molecule has 0 unspecified atom stereocenters. The van der Waals surface area contributed by atoms with Crippen LogP contribution in [0.5, 0.6) is 0 Å². The fourth-order valence-electron chi connectivity index (χ4n) is 5.86. The summed E-state index contributed by atoms with van der Waals surface area (Å²) in [7, 11) is -3.44. The van der Waals surface area contributed by atoms with E-state index in [1.165, 1.54) is 34.9 Å². The SMILES string of the molecule is C[C@@H]1CCCN1S(=O)(=O)c1ccc(F)cc1.O=CNCc1cc(C23CCC(C(F)F)(CC2)CC3)ncn1. The van der Waals surface area contributed by atoms with Crippen molar-refractivity contribution in [2.45, 2.75) is 87.6 Å². The van der Waals surface area contributed by atoms with Gasteiger partial charge in [0, 0.05) is 23.4 Å². The highest BCUT2D eigenvalue weighted by Crippen LogP contribution is 2.59. The zero-order valence-electron chi connectivity index (χ0n) is 20.9. The number of sulfonamides is 1. The van der Waals surface area contributed by atoms with Crippen molar-refractivity contribution in [3.05, 3.63) is 53.9 Å². The summed E-state index contributed by atoms with van der Waals surface area (Å²) >= 11 is 0. The number of fused-ring (bicyclic) bond motifs is 3. The second-order valence-electron chi connectivity index (χ2n) is 10.4. The summed E-state index contributed by atoms with van der Waals surface area (Å²) in [4.78, 5) is 19.1. The number of hydrogen-bond acceptors (Lipinski definition) is 5. The Bertz CT molecular complexity index is 1170. The van der Waals surface area contributed by atoms with Crippen LogP contribution in [0.1, 0.15) is 69.7 Å². The number of nitrogens with zero attached hydrogens (tertiary/aromatic N) is 3. The average molecular weight is 539 g/mol. The van der Waals surface area contributed by atoms with Gasteiger partial charge in [-0.15, -0.1) is 0 Å². The number of halogens is 3. The van der Waals surface area contributed by atoms with Gasteiger partial charge in [-0.3, -0.25) is 4.79 Å². The van der Waals surface area contributed by atoms with Crippen LogP contribution in [-0.2, 0) is 26.8 Å². The van der Waals surface area contributed by atoms with Gasteiger partial charge in [-0.25, -0.2) is 31.6 Å². The van der Waals surface area contributed by atoms with Crippen LogP contribution in [0.25, 0.3) is 0 Å². The van der Waals surface area contributed by atoms with Crippen LogP contribution >= 0.6 is 0 Å². The van der Waals surface area contributed by atoms with Crippen LogP contribution in [0.4, 0.5) is 13.2 Å². The average Bonchev–Trinajstić information content (AvgIpc) is 3.36. The fourth-order valence-corrected chi connectivity index (χ4v) is 7.56. The summed E-state index contributed by atoms with van der Waals surface area (Å²) < 4.78 is 65.1. The van der Waals surface area contributed by atoms with Gasteiger partial charge in [0.25, 0.3) is 0 Å². The van der Waals surface area contributed by atoms with Gasteiger partial charge in [0.15, 0.2) is 0 Å². The van der Waals surface area contributed by atoms with Gasteiger partial charge in [0.2, 0.25) is 22.9 Å². The number of carbonyl (C=O) groups is 1. The predicted octanol–water partition coefficient (Wildman–Crippen LogP) is 4.58. The van der Waals surface area contributed by atoms with Crippen LogP contribution in [0.15, 0.2) is 41.6 Å². The summed E-state index contributed by atoms with van der Waals surface area (Å²) in [6.07, 6.45) is 5.77. The van der Waals surface area contributed by atoms with Crippen LogP contribution in [0, 0.1) is 11.2 Å². The third-order valence-corrected chi connectivity index (χ3v) is 10.3. The first-order valence-corrected chi connectivity index (χ1v) is 14.1. The Hall–Kier alpha value is -2.53. The third-order valence-electron chi connectivity index (χ3n) is 8.31. The lowest BCUT2D eigenvalue weighted by Gasteiger charge is -2.52. The van der Waals surface area contributed by atoms with E-state index in [1.807, 2.05) is 13.0 Å². The quantitative estimate of drug-likeness (QED) is 0.521. The van der Waals surface area contributed by atoms with Gasteiger partial charge in [0.05, 0.1) is 22.8 Å². The van der Waals surface area contributed by atoms with Crippen LogP contribution < -0.4 is 5.32 Å². The monoisotopic (exact) mass is 538 g/mol. The summed E-state index contributed by atoms with van der Waals surface area (Å²) in [6, 6.07) is 6.93. The molecule has 1 atom stereocenters. The number of aromatic nitrogens is 2. The Balaban J connectivity index is 0.000000180. The molecule has 0 spiro atoms. The summed E-state index contributed by atoms with van der Waals surface area (Å²) in [5.41, 5.74) is 0.882. The largest absolute Gasteiger partial charge is 0.353 e. The van der Waals surface area contributed by atoms with E-state index in [0.29, 0.717) is 38.8 Å². The highest BCUT2D eigenvalue weighted by Gasteiger charge is 2.54. The first-order chi connectivity index (χ1) is 17.6. The highest BCUT2D eigenvalue weighted by atomic mass is 32.2. The zero-order valence-corrected chi connectivity index (χ0v) is 21.7. The Kier molecular flexibility index (Phi) is 8.23. The number of carbonyl (C=O) groups excluding carboxylic acids is 1. The molecule has 1 aromatic heterocycles. The maximum atomic E-state index is 13.3. The molecule has 1 N–H and O–H groups in total. The van der Waals surface area contributed by atoms with Gasteiger partial charge in [-0.2, -0.15) is 4.31 Å². The highest BCUT2D eigenvalue weighted by molar-refractivity contribution is 7.89. The van der Waals surface area contributed by atoms with Crippen molar-refractivity contribution in [2.24, 2.45) is 5.41 Å². The van der Waals surface area contributed by atoms with Crippen molar-refractivity contribution in [3.63, 3.8) is 0 Å². The molecule has 2 aromatic rings. The molecule has 202 valence electrons. The zero-order chi connectivity index (χ0) is 26.7. The fraction of sp³-hybridized carbons (Fsp3) is 0.577. The molecule has 4 fully saturated rings. The number of amides is 1. The number of rotatable bonds is 7. The molecule has 11 heteroatoms. The van der Waals surface area contributed by atoms with Gasteiger partial charge in [0.1, 0.15) is 12.1 Å². The van der Waals surface area contributed by atoms with Gasteiger partial charge < -0.3 is 5.32 Å². The lowest BCUT2D eigenvalue weighted by Crippen LogP contribution is -2.47. The second kappa shape index (κ2) is 11.1. The molecule has 1 amide bonds. The summed E-state index contributed by atoms with van der Waals surface area (Å²) in [6.45, 7) is 2.82. The minimum absolute atomic E-state index is 0.0371. The molecule has 2 heterocycles. The van der Waals surface area contributed by atoms with E-state index in [0.717, 1.165) is 43.5 Å². The van der Waals surface area contributed by atoms with Crippen molar-refractivity contribution >= 4 is 16.4 Å². The molecule has 3 aliphatic carbocycles. The standard InChI is InChI=1S/C15H19F2N3O.C11H14FNO2S/c16-13(17)15-4-1-14(2-5-15,3-6-15)12-7-11(8-18-10-21)19-9-20-12;1-9-3-2-8-13(9)16(14,15)11-6-4-10(12)5-7-11/h7,9-10,13H,1-6,8H2,(H,18,21);4-7,9H,2-3,8H2,1H3/t;9-/m.1/s1. The van der Waals surface area contributed by atoms with E-state index in [1.54, 1.807) is 0 Å². The van der Waals surface area contributed by atoms with E-state index in [9.17, 15) is 26.4 Å². The smallest absolute Gasteiger partial charge is 0.244 e. The van der Waals surface area contributed by atoms with E-state index >= 15 is 0 Å². The Labute approximate surface area is 215 Å². The van der Waals surface area contributed by atoms with E-state index in [-0.39, 0.29) is 16.4 Å². The molecule has 1 aromatic carbocycles. The Morgan fingerprint density at radius 2 is 1.76 bits per heavy atom. The minimum atomic E-state index is -3.44. The molecule has 37 heavy (non-hydrogen) atoms. The third kappa shape index (κ3) is 5.67. The lowest BCUT2D eigenvalue weighted by atomic mass is 9.53. The normalized spacial score (nSPS) is 27.5. The van der Waals surface area contributed by atoms with E-state index < -0.39 is 27.7 Å². The van der Waals surface area contributed by atoms with Crippen LogP contribution in [0.2, 0.25) is 0 Å². The Morgan fingerprint density at radius 3 is 2.30 bits per heavy atom. The first kappa shape index (κ1) is 27.5. The lowest BCUT2D eigenvalue weighted by molar-refractivity contribution is -0.109. The minimum Gasteiger partial charge on any atom is -0.353 e. The molecule has 1 aliphatic heterocycles. The van der Waals surface area contributed by atoms with Gasteiger partial charge in [-0.05, 0) is 88.6 Å². The predicted molar refractivity (Wildman–Crippen MR) is 132 cm³/mol. The Morgan fingerprint density at radius 1 is 1.11 bits per heavy atom. The molecule has 0 radical (unpaired) electrons. The molecule has 2 bridgehead atoms. The molecular formula is C26H33F3N4O3S. The van der Waals surface area contributed by atoms with Gasteiger partial charge in [-0.1, -0.05) is 0 Å². The van der Waals surface area contributed by atoms with Crippen molar-refractivity contribution in [1.29, 1.82) is 0 Å². The molecule has 4 aliphatic rings. The number of nitrogens with one attached hydrogen (secondary N) is 1. The molecule has 6 rings (SSSR count). The maximum absolute atomic E-state index is 13.3. The number of alkyl halides is 2. The van der Waals surface area contributed by atoms with Crippen LogP contribution in [0.3, 0.4) is 0 Å². The van der Waals surface area contributed by atoms with E-state index in [2.05, 4.69) is 15.3 Å². The van der Waals surface area contributed by atoms with Crippen molar-refractivity contribution in [3.8, 4) is 0 Å². The first-order valence-electron chi connectivity index (χ1n) is 12.7. The molecule has 3 saturated carbocycles. The summed E-state index contributed by atoms with van der Waals surface area (Å²) in [5, 5.41) is 2.59. The van der Waals surface area contributed by atoms with E-state index in [4.69, 9.17) is 0 Å². The van der Waals surface area contributed by atoms with Crippen molar-refractivity contribution in [1.82, 2.24) is 19.6 Å². The molecule has 1 saturated heterocycles. The maximum Gasteiger partial charge on any atom is 0.244 e. The number of hydrogen-bond donors (Lipinski definition) is 1. The second-order valence-corrected chi connectivity index (χ2v) is 12.3.